The van der Waals surface area contributed by atoms with Gasteiger partial charge >= 0.3 is 0 Å². The number of aliphatic hydroxyl groups excluding tert-OH is 1. The van der Waals surface area contributed by atoms with Crippen molar-refractivity contribution in [3.8, 4) is 5.75 Å². The number of ether oxygens (including phenoxy) is 1. The highest BCUT2D eigenvalue weighted by molar-refractivity contribution is 5.36. The fourth-order valence-electron chi connectivity index (χ4n) is 3.12. The van der Waals surface area contributed by atoms with Crippen LogP contribution in [0.2, 0.25) is 0 Å². The fraction of sp³-hybridized carbons (Fsp3) is 0.520. The number of aliphatic hydroxyl groups is 2. The van der Waals surface area contributed by atoms with Crippen molar-refractivity contribution in [3.05, 3.63) is 65.2 Å². The summed E-state index contributed by atoms with van der Waals surface area (Å²) in [6.07, 6.45) is 4.54. The summed E-state index contributed by atoms with van der Waals surface area (Å²) in [5, 5.41) is 32.6. The number of aryl methyl sites for hydroxylation is 1. The third-order valence-electron chi connectivity index (χ3n) is 4.90. The van der Waals surface area contributed by atoms with Gasteiger partial charge < -0.3 is 25.4 Å². The second-order valence-corrected chi connectivity index (χ2v) is 7.35. The van der Waals surface area contributed by atoms with Gasteiger partial charge in [0.25, 0.3) is 0 Å². The van der Waals surface area contributed by atoms with Crippen molar-refractivity contribution in [3.63, 3.8) is 0 Å². The van der Waals surface area contributed by atoms with Crippen LogP contribution in [0.15, 0.2) is 48.5 Å². The lowest BCUT2D eigenvalue weighted by atomic mass is 10.1. The summed E-state index contributed by atoms with van der Waals surface area (Å²) in [7, 11) is 0. The van der Waals surface area contributed by atoms with E-state index in [0.29, 0.717) is 31.6 Å². The van der Waals surface area contributed by atoms with Crippen LogP contribution >= 0.6 is 0 Å². The molecule has 4 N–H and O–H groups in total. The zero-order valence-electron chi connectivity index (χ0n) is 21.5. The quantitative estimate of drug-likeness (QED) is 0.308. The van der Waals surface area contributed by atoms with Gasteiger partial charge in [0.05, 0.1) is 18.1 Å². The molecule has 0 aliphatic rings. The highest BCUT2D eigenvalue weighted by atomic mass is 16.5. The van der Waals surface area contributed by atoms with Gasteiger partial charge in [-0.05, 0) is 61.9 Å². The molecule has 0 spiro atoms. The Morgan fingerprint density at radius 2 is 1.77 bits per heavy atom. The van der Waals surface area contributed by atoms with Gasteiger partial charge in [0.1, 0.15) is 5.75 Å². The minimum Gasteiger partial charge on any atom is -0.508 e. The fourth-order valence-corrected chi connectivity index (χ4v) is 3.12. The normalized spacial score (nSPS) is 15.1. The summed E-state index contributed by atoms with van der Waals surface area (Å²) < 4.78 is 36.1. The molecule has 2 aromatic carbocycles. The summed E-state index contributed by atoms with van der Waals surface area (Å²) >= 11 is 0. The monoisotopic (exact) mass is 419 g/mol. The number of nitrogens with one attached hydrogen (secondary N) is 1. The van der Waals surface area contributed by atoms with Gasteiger partial charge in [0.15, 0.2) is 0 Å². The first-order valence-corrected chi connectivity index (χ1v) is 10.7. The molecule has 5 heteroatoms. The van der Waals surface area contributed by atoms with Crippen LogP contribution in [0, 0.1) is 0 Å². The Labute approximate surface area is 186 Å². The molecule has 2 rings (SSSR count). The van der Waals surface area contributed by atoms with Crippen molar-refractivity contribution in [2.75, 3.05) is 26.3 Å². The molecule has 0 aliphatic heterocycles. The molecule has 0 fully saturated rings. The first-order chi connectivity index (χ1) is 16.1. The van der Waals surface area contributed by atoms with Crippen molar-refractivity contribution in [2.24, 2.45) is 0 Å². The lowest BCUT2D eigenvalue weighted by molar-refractivity contribution is 0.126. The summed E-state index contributed by atoms with van der Waals surface area (Å²) in [5.41, 5.74) is 1.40. The van der Waals surface area contributed by atoms with Gasteiger partial charge in [0, 0.05) is 25.3 Å². The molecule has 0 aliphatic carbocycles. The average Bonchev–Trinajstić information content (AvgIpc) is 2.78. The molecule has 0 aromatic heterocycles. The number of phenols is 1. The van der Waals surface area contributed by atoms with E-state index in [1.807, 2.05) is 18.2 Å². The van der Waals surface area contributed by atoms with E-state index in [0.717, 1.165) is 32.1 Å². The van der Waals surface area contributed by atoms with Gasteiger partial charge in [0.2, 0.25) is 0 Å². The Morgan fingerprint density at radius 1 is 0.967 bits per heavy atom. The molecule has 0 amide bonds. The van der Waals surface area contributed by atoms with Gasteiger partial charge in [-0.1, -0.05) is 49.2 Å². The minimum absolute atomic E-state index is 0.242. The number of benzene rings is 2. The smallest absolute Gasteiger partial charge is 0.121 e. The first kappa shape index (κ1) is 18.8. The molecule has 2 aromatic rings. The molecular weight excluding hydrogens is 378 g/mol. The van der Waals surface area contributed by atoms with E-state index >= 15 is 0 Å². The molecule has 166 valence electrons. The highest BCUT2D eigenvalue weighted by Gasteiger charge is 2.09. The second kappa shape index (κ2) is 15.0. The number of unbranched alkanes of at least 4 members (excludes halogenated alkanes) is 3. The highest BCUT2D eigenvalue weighted by Crippen LogP contribution is 2.22. The second-order valence-electron chi connectivity index (χ2n) is 7.35. The third-order valence-corrected chi connectivity index (χ3v) is 4.90. The molecule has 30 heavy (non-hydrogen) atoms. The van der Waals surface area contributed by atoms with Gasteiger partial charge in [-0.2, -0.15) is 0 Å². The van der Waals surface area contributed by atoms with Crippen LogP contribution in [0.4, 0.5) is 0 Å². The van der Waals surface area contributed by atoms with E-state index in [1.54, 1.807) is 0 Å². The summed E-state index contributed by atoms with van der Waals surface area (Å²) in [6.45, 7) is -3.01. The van der Waals surface area contributed by atoms with Crippen molar-refractivity contribution in [1.82, 2.24) is 5.32 Å². The van der Waals surface area contributed by atoms with Crippen molar-refractivity contribution in [1.29, 1.82) is 0 Å². The number of hydrogen-bond donors (Lipinski definition) is 4. The molecule has 0 heterocycles. The maximum Gasteiger partial charge on any atom is 0.121 e. The molecule has 1 atom stereocenters. The van der Waals surface area contributed by atoms with E-state index in [1.165, 1.54) is 23.8 Å². The maximum absolute atomic E-state index is 10.3. The zero-order chi connectivity index (χ0) is 25.0. The predicted molar refractivity (Wildman–Crippen MR) is 121 cm³/mol. The average molecular weight is 420 g/mol. The van der Waals surface area contributed by atoms with Crippen LogP contribution in [0.5, 0.6) is 5.75 Å². The summed E-state index contributed by atoms with van der Waals surface area (Å²) in [4.78, 5) is 0. The van der Waals surface area contributed by atoms with Gasteiger partial charge in [-0.25, -0.2) is 0 Å². The molecule has 0 bridgehead atoms. The van der Waals surface area contributed by atoms with Crippen LogP contribution in [-0.2, 0) is 17.7 Å². The van der Waals surface area contributed by atoms with Crippen LogP contribution < -0.4 is 5.32 Å². The Balaban J connectivity index is 1.54. The Morgan fingerprint density at radius 3 is 2.57 bits per heavy atom. The van der Waals surface area contributed by atoms with Crippen molar-refractivity contribution >= 4 is 0 Å². The van der Waals surface area contributed by atoms with Crippen LogP contribution in [0.1, 0.15) is 66.8 Å². The van der Waals surface area contributed by atoms with Crippen LogP contribution in [0.3, 0.4) is 0 Å². The molecule has 0 saturated carbocycles. The lowest BCUT2D eigenvalue weighted by Crippen LogP contribution is -2.22. The number of hydrogen-bond acceptors (Lipinski definition) is 5. The van der Waals surface area contributed by atoms with Crippen LogP contribution in [-0.4, -0.2) is 41.6 Å². The number of aromatic hydroxyl groups is 1. The molecule has 1 unspecified atom stereocenters. The third kappa shape index (κ3) is 9.72. The Bertz CT molecular complexity index is 847. The standard InChI is InChI=1S/C25H37NO4/c27-20-23-18-22(13-14-24(23)28)25(29)19-26-15-7-1-2-8-16-30-17-9-6-12-21-10-4-3-5-11-21/h3-5,10-11,13-14,18,25-29H,1-2,6-9,12,15-17,19-20H2/i16D2,20D2. The topological polar surface area (TPSA) is 82.0 Å². The first-order valence-electron chi connectivity index (χ1n) is 12.7. The van der Waals surface area contributed by atoms with E-state index < -0.39 is 19.2 Å². The molecule has 0 radical (unpaired) electrons. The van der Waals surface area contributed by atoms with E-state index in [-0.39, 0.29) is 17.9 Å². The minimum atomic E-state index is -2.69. The van der Waals surface area contributed by atoms with Crippen molar-refractivity contribution in [2.45, 2.75) is 57.6 Å². The molecule has 0 saturated heterocycles. The van der Waals surface area contributed by atoms with Gasteiger partial charge in [-0.3, -0.25) is 0 Å². The SMILES string of the molecule is [2H]C([2H])(CCCCCNCC(O)c1ccc(O)c(C([2H])([2H])O)c1)OCCCCc1ccccc1. The summed E-state index contributed by atoms with van der Waals surface area (Å²) in [6, 6.07) is 14.2. The molecular formula is C25H37NO4. The van der Waals surface area contributed by atoms with E-state index in [4.69, 9.17) is 10.2 Å². The summed E-state index contributed by atoms with van der Waals surface area (Å²) in [5.74, 6) is -0.368. The van der Waals surface area contributed by atoms with Crippen molar-refractivity contribution < 1.29 is 25.5 Å². The van der Waals surface area contributed by atoms with Crippen LogP contribution in [0.25, 0.3) is 0 Å². The zero-order valence-corrected chi connectivity index (χ0v) is 17.5. The van der Waals surface area contributed by atoms with E-state index in [9.17, 15) is 15.3 Å². The largest absolute Gasteiger partial charge is 0.508 e. The van der Waals surface area contributed by atoms with Gasteiger partial charge in [-0.15, -0.1) is 0 Å². The Hall–Kier alpha value is -1.92. The number of rotatable bonds is 16. The predicted octanol–water partition coefficient (Wildman–Crippen LogP) is 4.11. The molecule has 5 nitrogen and oxygen atoms in total. The maximum atomic E-state index is 10.3. The van der Waals surface area contributed by atoms with E-state index in [2.05, 4.69) is 17.4 Å². The Kier molecular flexibility index (Phi) is 9.39. The lowest BCUT2D eigenvalue weighted by Gasteiger charge is -2.14.